The average molecular weight is 188 g/mol. The molecule has 0 aliphatic rings. The summed E-state index contributed by atoms with van der Waals surface area (Å²) < 4.78 is 28.2. The number of alkyl halides is 2. The highest BCUT2D eigenvalue weighted by Crippen LogP contribution is 2.09. The standard InChI is InChI=1S/C8H10F2N2O/c1-5-3-8(12-6(2)11-5)13-4-7(9)10/h3,7H,4H2,1-2H3. The van der Waals surface area contributed by atoms with Gasteiger partial charge in [-0.2, -0.15) is 4.98 Å². The van der Waals surface area contributed by atoms with Gasteiger partial charge in [-0.15, -0.1) is 0 Å². The predicted octanol–water partition coefficient (Wildman–Crippen LogP) is 1.74. The zero-order valence-corrected chi connectivity index (χ0v) is 7.42. The Hall–Kier alpha value is -1.26. The molecule has 1 aromatic rings. The van der Waals surface area contributed by atoms with E-state index < -0.39 is 13.0 Å². The van der Waals surface area contributed by atoms with Gasteiger partial charge in [0.15, 0.2) is 6.61 Å². The van der Waals surface area contributed by atoms with E-state index in [0.29, 0.717) is 11.5 Å². The molecule has 1 rings (SSSR count). The third-order valence-electron chi connectivity index (χ3n) is 1.30. The van der Waals surface area contributed by atoms with Crippen molar-refractivity contribution < 1.29 is 13.5 Å². The summed E-state index contributed by atoms with van der Waals surface area (Å²) in [6.45, 7) is 2.81. The molecule has 3 nitrogen and oxygen atoms in total. The summed E-state index contributed by atoms with van der Waals surface area (Å²) in [5.74, 6) is 0.717. The van der Waals surface area contributed by atoms with Crippen LogP contribution >= 0.6 is 0 Å². The van der Waals surface area contributed by atoms with Gasteiger partial charge in [0.2, 0.25) is 5.88 Å². The van der Waals surface area contributed by atoms with Crippen LogP contribution in [-0.4, -0.2) is 23.0 Å². The van der Waals surface area contributed by atoms with Gasteiger partial charge in [0, 0.05) is 11.8 Å². The maximum atomic E-state index is 11.8. The molecule has 72 valence electrons. The molecule has 0 radical (unpaired) electrons. The first-order chi connectivity index (χ1) is 6.08. The van der Waals surface area contributed by atoms with Crippen molar-refractivity contribution in [3.63, 3.8) is 0 Å². The fourth-order valence-corrected chi connectivity index (χ4v) is 0.905. The molecule has 13 heavy (non-hydrogen) atoms. The monoisotopic (exact) mass is 188 g/mol. The first-order valence-electron chi connectivity index (χ1n) is 3.81. The Morgan fingerprint density at radius 2 is 2.08 bits per heavy atom. The van der Waals surface area contributed by atoms with Crippen molar-refractivity contribution in [1.82, 2.24) is 9.97 Å². The Morgan fingerprint density at radius 1 is 1.38 bits per heavy atom. The lowest BCUT2D eigenvalue weighted by molar-refractivity contribution is 0.0793. The zero-order chi connectivity index (χ0) is 9.84. The maximum absolute atomic E-state index is 11.8. The van der Waals surface area contributed by atoms with Crippen molar-refractivity contribution >= 4 is 0 Å². The fraction of sp³-hybridized carbons (Fsp3) is 0.500. The average Bonchev–Trinajstić information content (AvgIpc) is 1.99. The molecular formula is C8H10F2N2O. The van der Waals surface area contributed by atoms with E-state index in [0.717, 1.165) is 0 Å². The molecule has 0 aliphatic heterocycles. The number of aromatic nitrogens is 2. The largest absolute Gasteiger partial charge is 0.471 e. The van der Waals surface area contributed by atoms with Crippen LogP contribution in [0.3, 0.4) is 0 Å². The van der Waals surface area contributed by atoms with E-state index in [9.17, 15) is 8.78 Å². The van der Waals surface area contributed by atoms with Crippen molar-refractivity contribution in [3.05, 3.63) is 17.6 Å². The minimum absolute atomic E-state index is 0.199. The summed E-state index contributed by atoms with van der Waals surface area (Å²) in [6, 6.07) is 1.52. The van der Waals surface area contributed by atoms with Crippen LogP contribution in [0.1, 0.15) is 11.5 Å². The van der Waals surface area contributed by atoms with E-state index >= 15 is 0 Å². The van der Waals surface area contributed by atoms with E-state index in [4.69, 9.17) is 4.74 Å². The number of aryl methyl sites for hydroxylation is 2. The van der Waals surface area contributed by atoms with Gasteiger partial charge in [0.05, 0.1) is 0 Å². The Bertz CT molecular complexity index is 271. The molecule has 0 saturated carbocycles. The Kier molecular flexibility index (Phi) is 3.11. The van der Waals surface area contributed by atoms with E-state index in [1.165, 1.54) is 6.07 Å². The van der Waals surface area contributed by atoms with E-state index in [1.54, 1.807) is 13.8 Å². The molecule has 0 unspecified atom stereocenters. The number of hydrogen-bond donors (Lipinski definition) is 0. The highest BCUT2D eigenvalue weighted by atomic mass is 19.3. The zero-order valence-electron chi connectivity index (χ0n) is 7.42. The molecule has 1 aromatic heterocycles. The smallest absolute Gasteiger partial charge is 0.272 e. The SMILES string of the molecule is Cc1cc(OCC(F)F)nc(C)n1. The Labute approximate surface area is 74.8 Å². The van der Waals surface area contributed by atoms with Crippen LogP contribution in [0.4, 0.5) is 8.78 Å². The fourth-order valence-electron chi connectivity index (χ4n) is 0.905. The lowest BCUT2D eigenvalue weighted by atomic mass is 10.4. The lowest BCUT2D eigenvalue weighted by Gasteiger charge is -2.05. The van der Waals surface area contributed by atoms with Crippen LogP contribution in [-0.2, 0) is 0 Å². The van der Waals surface area contributed by atoms with Gasteiger partial charge >= 0.3 is 0 Å². The molecule has 0 saturated heterocycles. The van der Waals surface area contributed by atoms with Crippen molar-refractivity contribution in [3.8, 4) is 5.88 Å². The third kappa shape index (κ3) is 3.31. The summed E-state index contributed by atoms with van der Waals surface area (Å²) in [5.41, 5.74) is 0.705. The molecule has 1 heterocycles. The second-order valence-corrected chi connectivity index (χ2v) is 2.60. The van der Waals surface area contributed by atoms with Crippen LogP contribution in [0.2, 0.25) is 0 Å². The van der Waals surface area contributed by atoms with Crippen LogP contribution in [0.15, 0.2) is 6.07 Å². The van der Waals surface area contributed by atoms with Crippen molar-refractivity contribution in [2.24, 2.45) is 0 Å². The van der Waals surface area contributed by atoms with Gasteiger partial charge < -0.3 is 4.74 Å². The van der Waals surface area contributed by atoms with Crippen LogP contribution < -0.4 is 4.74 Å². The molecule has 0 spiro atoms. The molecule has 0 N–H and O–H groups in total. The molecule has 0 fully saturated rings. The van der Waals surface area contributed by atoms with Gasteiger partial charge in [0.1, 0.15) is 5.82 Å². The molecular weight excluding hydrogens is 178 g/mol. The molecule has 0 amide bonds. The number of halogens is 2. The van der Waals surface area contributed by atoms with Gasteiger partial charge in [-0.1, -0.05) is 0 Å². The van der Waals surface area contributed by atoms with Crippen LogP contribution in [0.25, 0.3) is 0 Å². The predicted molar refractivity (Wildman–Crippen MR) is 43.0 cm³/mol. The minimum atomic E-state index is -2.48. The van der Waals surface area contributed by atoms with E-state index in [1.807, 2.05) is 0 Å². The van der Waals surface area contributed by atoms with Crippen molar-refractivity contribution in [1.29, 1.82) is 0 Å². The summed E-state index contributed by atoms with van der Waals surface area (Å²) in [4.78, 5) is 7.82. The number of rotatable bonds is 3. The quantitative estimate of drug-likeness (QED) is 0.724. The highest BCUT2D eigenvalue weighted by Gasteiger charge is 2.05. The first-order valence-corrected chi connectivity index (χ1v) is 3.81. The summed E-state index contributed by atoms with van der Waals surface area (Å²) in [5, 5.41) is 0. The van der Waals surface area contributed by atoms with Gasteiger partial charge in [-0.25, -0.2) is 13.8 Å². The third-order valence-corrected chi connectivity index (χ3v) is 1.30. The second kappa shape index (κ2) is 4.11. The first kappa shape index (κ1) is 9.83. The normalized spacial score (nSPS) is 10.5. The summed E-state index contributed by atoms with van der Waals surface area (Å²) >= 11 is 0. The number of nitrogens with zero attached hydrogens (tertiary/aromatic N) is 2. The molecule has 0 aliphatic carbocycles. The maximum Gasteiger partial charge on any atom is 0.272 e. The topological polar surface area (TPSA) is 35.0 Å². The minimum Gasteiger partial charge on any atom is -0.471 e. The van der Waals surface area contributed by atoms with Crippen molar-refractivity contribution in [2.45, 2.75) is 20.3 Å². The summed E-state index contributed by atoms with van der Waals surface area (Å²) in [7, 11) is 0. The van der Waals surface area contributed by atoms with E-state index in [2.05, 4.69) is 9.97 Å². The molecule has 0 aromatic carbocycles. The molecule has 0 atom stereocenters. The van der Waals surface area contributed by atoms with Crippen LogP contribution in [0.5, 0.6) is 5.88 Å². The van der Waals surface area contributed by atoms with Crippen LogP contribution in [0, 0.1) is 13.8 Å². The van der Waals surface area contributed by atoms with Crippen molar-refractivity contribution in [2.75, 3.05) is 6.61 Å². The number of ether oxygens (including phenoxy) is 1. The molecule has 5 heteroatoms. The Morgan fingerprint density at radius 3 is 2.62 bits per heavy atom. The van der Waals surface area contributed by atoms with Gasteiger partial charge in [0.25, 0.3) is 6.43 Å². The molecule has 0 bridgehead atoms. The van der Waals surface area contributed by atoms with Gasteiger partial charge in [-0.05, 0) is 13.8 Å². The van der Waals surface area contributed by atoms with Gasteiger partial charge in [-0.3, -0.25) is 0 Å². The Balaban J connectivity index is 2.66. The summed E-state index contributed by atoms with van der Waals surface area (Å²) in [6.07, 6.45) is -2.48. The number of hydrogen-bond acceptors (Lipinski definition) is 3. The second-order valence-electron chi connectivity index (χ2n) is 2.60. The highest BCUT2D eigenvalue weighted by molar-refractivity contribution is 5.14. The lowest BCUT2D eigenvalue weighted by Crippen LogP contribution is -2.08. The van der Waals surface area contributed by atoms with E-state index in [-0.39, 0.29) is 5.88 Å².